The Morgan fingerprint density at radius 1 is 1.20 bits per heavy atom. The molecule has 1 aromatic carbocycles. The third-order valence-electron chi connectivity index (χ3n) is 2.51. The largest absolute Gasteiger partial charge is 0.238 e. The molecule has 1 aromatic heterocycles. The van der Waals surface area contributed by atoms with Gasteiger partial charge in [0.1, 0.15) is 0 Å². The topological polar surface area (TPSA) is 17.8 Å². The summed E-state index contributed by atoms with van der Waals surface area (Å²) in [6.07, 6.45) is 1.86. The Balaban J connectivity index is 2.49. The Morgan fingerprint density at radius 2 is 2.00 bits per heavy atom. The molecule has 2 nitrogen and oxygen atoms in total. The van der Waals surface area contributed by atoms with Gasteiger partial charge in [0.05, 0.1) is 5.69 Å². The van der Waals surface area contributed by atoms with E-state index in [1.54, 1.807) is 0 Å². The fourth-order valence-electron chi connectivity index (χ4n) is 1.73. The highest BCUT2D eigenvalue weighted by atomic mass is 15.3. The zero-order valence-electron chi connectivity index (χ0n) is 9.44. The molecule has 0 aliphatic carbocycles. The summed E-state index contributed by atoms with van der Waals surface area (Å²) in [6, 6.07) is 10.5. The van der Waals surface area contributed by atoms with Gasteiger partial charge in [-0.05, 0) is 36.6 Å². The summed E-state index contributed by atoms with van der Waals surface area (Å²) in [5.41, 5.74) is 3.65. The molecule has 0 bridgehead atoms. The maximum absolute atomic E-state index is 4.37. The lowest BCUT2D eigenvalue weighted by Crippen LogP contribution is -2.03. The first-order valence-electron chi connectivity index (χ1n) is 5.29. The summed E-state index contributed by atoms with van der Waals surface area (Å²) in [6.45, 7) is 6.47. The van der Waals surface area contributed by atoms with Gasteiger partial charge >= 0.3 is 0 Å². The maximum atomic E-state index is 4.37. The van der Waals surface area contributed by atoms with Gasteiger partial charge in [0.25, 0.3) is 0 Å². The molecule has 0 amide bonds. The highest BCUT2D eigenvalue weighted by Gasteiger charge is 2.07. The SMILES string of the molecule is Cc1cccc(-n2nccc2C(C)C)c1. The molecule has 0 saturated heterocycles. The quantitative estimate of drug-likeness (QED) is 0.727. The first kappa shape index (κ1) is 9.97. The molecule has 0 N–H and O–H groups in total. The van der Waals surface area contributed by atoms with E-state index in [4.69, 9.17) is 0 Å². The van der Waals surface area contributed by atoms with E-state index in [2.05, 4.69) is 56.2 Å². The van der Waals surface area contributed by atoms with Crippen LogP contribution in [0.15, 0.2) is 36.5 Å². The van der Waals surface area contributed by atoms with Crippen molar-refractivity contribution in [1.29, 1.82) is 0 Å². The van der Waals surface area contributed by atoms with Crippen molar-refractivity contribution in [3.63, 3.8) is 0 Å². The molecule has 2 heteroatoms. The van der Waals surface area contributed by atoms with Gasteiger partial charge in [0, 0.05) is 11.9 Å². The van der Waals surface area contributed by atoms with E-state index in [0.717, 1.165) is 5.69 Å². The average Bonchev–Trinajstić information content (AvgIpc) is 2.65. The molecule has 0 fully saturated rings. The molecule has 0 atom stereocenters. The van der Waals surface area contributed by atoms with E-state index < -0.39 is 0 Å². The average molecular weight is 200 g/mol. The van der Waals surface area contributed by atoms with E-state index in [-0.39, 0.29) is 0 Å². The van der Waals surface area contributed by atoms with Gasteiger partial charge in [-0.25, -0.2) is 4.68 Å². The number of rotatable bonds is 2. The van der Waals surface area contributed by atoms with Crippen molar-refractivity contribution in [2.75, 3.05) is 0 Å². The Morgan fingerprint density at radius 3 is 2.67 bits per heavy atom. The van der Waals surface area contributed by atoms with Gasteiger partial charge in [0.2, 0.25) is 0 Å². The van der Waals surface area contributed by atoms with Crippen LogP contribution in [0.25, 0.3) is 5.69 Å². The van der Waals surface area contributed by atoms with Gasteiger partial charge in [-0.2, -0.15) is 5.10 Å². The summed E-state index contributed by atoms with van der Waals surface area (Å²) < 4.78 is 2.01. The minimum atomic E-state index is 0.494. The summed E-state index contributed by atoms with van der Waals surface area (Å²) >= 11 is 0. The molecular weight excluding hydrogens is 184 g/mol. The van der Waals surface area contributed by atoms with Crippen LogP contribution in [0.5, 0.6) is 0 Å². The summed E-state index contributed by atoms with van der Waals surface area (Å²) in [5, 5.41) is 4.37. The second-order valence-electron chi connectivity index (χ2n) is 4.16. The van der Waals surface area contributed by atoms with Crippen LogP contribution in [0.3, 0.4) is 0 Å². The minimum absolute atomic E-state index is 0.494. The maximum Gasteiger partial charge on any atom is 0.0651 e. The van der Waals surface area contributed by atoms with Crippen LogP contribution >= 0.6 is 0 Å². The van der Waals surface area contributed by atoms with Gasteiger partial charge < -0.3 is 0 Å². The van der Waals surface area contributed by atoms with Gasteiger partial charge in [-0.1, -0.05) is 26.0 Å². The van der Waals surface area contributed by atoms with Crippen LogP contribution in [-0.4, -0.2) is 9.78 Å². The molecular formula is C13H16N2. The van der Waals surface area contributed by atoms with E-state index >= 15 is 0 Å². The lowest BCUT2D eigenvalue weighted by molar-refractivity contribution is 0.734. The molecule has 1 heterocycles. The van der Waals surface area contributed by atoms with E-state index in [1.165, 1.54) is 11.3 Å². The lowest BCUT2D eigenvalue weighted by atomic mass is 10.1. The van der Waals surface area contributed by atoms with Crippen LogP contribution in [0.2, 0.25) is 0 Å². The molecule has 2 aromatic rings. The molecule has 15 heavy (non-hydrogen) atoms. The molecule has 0 spiro atoms. The van der Waals surface area contributed by atoms with E-state index in [1.807, 2.05) is 10.9 Å². The number of aromatic nitrogens is 2. The molecule has 0 aliphatic heterocycles. The number of aryl methyl sites for hydroxylation is 1. The fourth-order valence-corrected chi connectivity index (χ4v) is 1.73. The molecule has 0 unspecified atom stereocenters. The molecule has 2 rings (SSSR count). The third-order valence-corrected chi connectivity index (χ3v) is 2.51. The summed E-state index contributed by atoms with van der Waals surface area (Å²) in [4.78, 5) is 0. The van der Waals surface area contributed by atoms with Crippen LogP contribution in [-0.2, 0) is 0 Å². The third kappa shape index (κ3) is 1.94. The lowest BCUT2D eigenvalue weighted by Gasteiger charge is -2.10. The van der Waals surface area contributed by atoms with Crippen molar-refractivity contribution < 1.29 is 0 Å². The zero-order valence-corrected chi connectivity index (χ0v) is 9.44. The van der Waals surface area contributed by atoms with Crippen molar-refractivity contribution in [3.8, 4) is 5.69 Å². The Bertz CT molecular complexity index is 455. The first-order valence-corrected chi connectivity index (χ1v) is 5.29. The van der Waals surface area contributed by atoms with Crippen molar-refractivity contribution >= 4 is 0 Å². The minimum Gasteiger partial charge on any atom is -0.238 e. The fraction of sp³-hybridized carbons (Fsp3) is 0.308. The van der Waals surface area contributed by atoms with Crippen LogP contribution in [0.4, 0.5) is 0 Å². The number of hydrogen-bond acceptors (Lipinski definition) is 1. The second-order valence-corrected chi connectivity index (χ2v) is 4.16. The number of hydrogen-bond donors (Lipinski definition) is 0. The molecule has 0 saturated carbocycles. The molecule has 0 aliphatic rings. The highest BCUT2D eigenvalue weighted by molar-refractivity contribution is 5.36. The Hall–Kier alpha value is -1.57. The van der Waals surface area contributed by atoms with E-state index in [0.29, 0.717) is 5.92 Å². The zero-order chi connectivity index (χ0) is 10.8. The van der Waals surface area contributed by atoms with Crippen molar-refractivity contribution in [2.24, 2.45) is 0 Å². The van der Waals surface area contributed by atoms with Crippen molar-refractivity contribution in [2.45, 2.75) is 26.7 Å². The molecule has 0 radical (unpaired) electrons. The molecule has 78 valence electrons. The normalized spacial score (nSPS) is 10.9. The number of benzene rings is 1. The smallest absolute Gasteiger partial charge is 0.0651 e. The van der Waals surface area contributed by atoms with Gasteiger partial charge in [0.15, 0.2) is 0 Å². The van der Waals surface area contributed by atoms with Crippen LogP contribution < -0.4 is 0 Å². The highest BCUT2D eigenvalue weighted by Crippen LogP contribution is 2.18. The first-order chi connectivity index (χ1) is 7.18. The van der Waals surface area contributed by atoms with E-state index in [9.17, 15) is 0 Å². The van der Waals surface area contributed by atoms with Gasteiger partial charge in [-0.3, -0.25) is 0 Å². The van der Waals surface area contributed by atoms with Crippen molar-refractivity contribution in [1.82, 2.24) is 9.78 Å². The van der Waals surface area contributed by atoms with Gasteiger partial charge in [-0.15, -0.1) is 0 Å². The Kier molecular flexibility index (Phi) is 2.58. The van der Waals surface area contributed by atoms with Crippen molar-refractivity contribution in [3.05, 3.63) is 47.8 Å². The van der Waals surface area contributed by atoms with Crippen LogP contribution in [0, 0.1) is 6.92 Å². The predicted molar refractivity (Wildman–Crippen MR) is 62.4 cm³/mol. The summed E-state index contributed by atoms with van der Waals surface area (Å²) in [5.74, 6) is 0.494. The predicted octanol–water partition coefficient (Wildman–Crippen LogP) is 3.30. The standard InChI is InChI=1S/C13H16N2/c1-10(2)13-7-8-14-15(13)12-6-4-5-11(3)9-12/h4-10H,1-3H3. The Labute approximate surface area is 90.6 Å². The van der Waals surface area contributed by atoms with Crippen LogP contribution in [0.1, 0.15) is 31.0 Å². The monoisotopic (exact) mass is 200 g/mol. The number of nitrogens with zero attached hydrogens (tertiary/aromatic N) is 2. The summed E-state index contributed by atoms with van der Waals surface area (Å²) in [7, 11) is 0. The second kappa shape index (κ2) is 3.89.